The van der Waals surface area contributed by atoms with E-state index in [-0.39, 0.29) is 11.9 Å². The molecule has 1 amide bonds. The summed E-state index contributed by atoms with van der Waals surface area (Å²) in [6, 6.07) is 5.26. The zero-order valence-corrected chi connectivity index (χ0v) is 13.0. The number of nitrogens with zero attached hydrogens (tertiary/aromatic N) is 1. The standard InChI is InChI=1S/C15H22ClN3O2/c1-2-5-18-15(20)14-10-21-7-6-19(14)13-8-12(16)4-3-11(13)9-17/h3-4,8,14H,2,5-7,9-10,17H2,1H3,(H,18,20). The SMILES string of the molecule is CCCNC(=O)C1COCCN1c1cc(Cl)ccc1CN. The van der Waals surface area contributed by atoms with Crippen molar-refractivity contribution in [2.24, 2.45) is 5.73 Å². The molecule has 5 nitrogen and oxygen atoms in total. The molecule has 0 aliphatic carbocycles. The maximum atomic E-state index is 12.3. The second kappa shape index (κ2) is 7.64. The molecule has 2 rings (SSSR count). The lowest BCUT2D eigenvalue weighted by Crippen LogP contribution is -2.54. The zero-order valence-electron chi connectivity index (χ0n) is 12.3. The van der Waals surface area contributed by atoms with E-state index in [0.29, 0.717) is 37.9 Å². The molecule has 6 heteroatoms. The van der Waals surface area contributed by atoms with Crippen molar-refractivity contribution in [1.82, 2.24) is 5.32 Å². The van der Waals surface area contributed by atoms with Crippen LogP contribution in [0.2, 0.25) is 5.02 Å². The Hall–Kier alpha value is -1.30. The van der Waals surface area contributed by atoms with Crippen molar-refractivity contribution in [1.29, 1.82) is 0 Å². The molecule has 1 aliphatic heterocycles. The van der Waals surface area contributed by atoms with E-state index in [4.69, 9.17) is 22.1 Å². The van der Waals surface area contributed by atoms with Crippen molar-refractivity contribution in [3.63, 3.8) is 0 Å². The number of morpholine rings is 1. The molecular weight excluding hydrogens is 290 g/mol. The summed E-state index contributed by atoms with van der Waals surface area (Å²) < 4.78 is 5.47. The summed E-state index contributed by atoms with van der Waals surface area (Å²) in [5.41, 5.74) is 7.71. The monoisotopic (exact) mass is 311 g/mol. The minimum absolute atomic E-state index is 0.0144. The Bertz CT molecular complexity index is 496. The molecule has 0 spiro atoms. The molecule has 1 aromatic carbocycles. The van der Waals surface area contributed by atoms with Crippen LogP contribution in [0.1, 0.15) is 18.9 Å². The van der Waals surface area contributed by atoms with Crippen LogP contribution < -0.4 is 16.0 Å². The van der Waals surface area contributed by atoms with E-state index in [0.717, 1.165) is 17.7 Å². The molecule has 21 heavy (non-hydrogen) atoms. The van der Waals surface area contributed by atoms with Crippen molar-refractivity contribution in [3.05, 3.63) is 28.8 Å². The fourth-order valence-electron chi connectivity index (χ4n) is 2.45. The van der Waals surface area contributed by atoms with E-state index < -0.39 is 0 Å². The van der Waals surface area contributed by atoms with Gasteiger partial charge in [0, 0.05) is 30.3 Å². The van der Waals surface area contributed by atoms with E-state index in [1.54, 1.807) is 0 Å². The molecule has 3 N–H and O–H groups in total. The molecule has 1 aliphatic rings. The molecular formula is C15H22ClN3O2. The molecule has 0 aromatic heterocycles. The highest BCUT2D eigenvalue weighted by Gasteiger charge is 2.30. The fourth-order valence-corrected chi connectivity index (χ4v) is 2.62. The van der Waals surface area contributed by atoms with Gasteiger partial charge in [-0.05, 0) is 24.1 Å². The van der Waals surface area contributed by atoms with Crippen LogP contribution in [-0.2, 0) is 16.1 Å². The van der Waals surface area contributed by atoms with Crippen LogP contribution in [0.25, 0.3) is 0 Å². The Labute approximate surface area is 130 Å². The summed E-state index contributed by atoms with van der Waals surface area (Å²) in [6.45, 7) is 4.73. The van der Waals surface area contributed by atoms with Gasteiger partial charge in [0.25, 0.3) is 0 Å². The van der Waals surface area contributed by atoms with Gasteiger partial charge in [0.15, 0.2) is 0 Å². The molecule has 1 aromatic rings. The molecule has 0 bridgehead atoms. The van der Waals surface area contributed by atoms with Crippen LogP contribution in [-0.4, -0.2) is 38.3 Å². The lowest BCUT2D eigenvalue weighted by Gasteiger charge is -2.37. The van der Waals surface area contributed by atoms with Gasteiger partial charge < -0.3 is 20.7 Å². The van der Waals surface area contributed by atoms with Gasteiger partial charge in [-0.25, -0.2) is 0 Å². The fraction of sp³-hybridized carbons (Fsp3) is 0.533. The molecule has 1 saturated heterocycles. The van der Waals surface area contributed by atoms with E-state index in [1.165, 1.54) is 0 Å². The van der Waals surface area contributed by atoms with Gasteiger partial charge in [0.1, 0.15) is 6.04 Å². The Balaban J connectivity index is 2.26. The number of nitrogens with one attached hydrogen (secondary N) is 1. The van der Waals surface area contributed by atoms with Gasteiger partial charge in [-0.15, -0.1) is 0 Å². The Morgan fingerprint density at radius 1 is 1.57 bits per heavy atom. The Morgan fingerprint density at radius 3 is 3.10 bits per heavy atom. The number of hydrogen-bond donors (Lipinski definition) is 2. The maximum Gasteiger partial charge on any atom is 0.245 e. The van der Waals surface area contributed by atoms with Gasteiger partial charge in [-0.2, -0.15) is 0 Å². The summed E-state index contributed by atoms with van der Waals surface area (Å²) in [6.07, 6.45) is 0.907. The highest BCUT2D eigenvalue weighted by molar-refractivity contribution is 6.30. The minimum Gasteiger partial charge on any atom is -0.377 e. The van der Waals surface area contributed by atoms with Crippen molar-refractivity contribution >= 4 is 23.2 Å². The van der Waals surface area contributed by atoms with Crippen molar-refractivity contribution in [3.8, 4) is 0 Å². The number of amides is 1. The number of halogens is 1. The number of benzene rings is 1. The second-order valence-corrected chi connectivity index (χ2v) is 5.49. The third kappa shape index (κ3) is 3.87. The van der Waals surface area contributed by atoms with Crippen LogP contribution in [0.4, 0.5) is 5.69 Å². The average molecular weight is 312 g/mol. The number of anilines is 1. The number of carbonyl (C=O) groups is 1. The van der Waals surface area contributed by atoms with Crippen LogP contribution >= 0.6 is 11.6 Å². The van der Waals surface area contributed by atoms with Crippen molar-refractivity contribution in [2.75, 3.05) is 31.2 Å². The van der Waals surface area contributed by atoms with Crippen molar-refractivity contribution in [2.45, 2.75) is 25.9 Å². The summed E-state index contributed by atoms with van der Waals surface area (Å²) >= 11 is 6.10. The third-order valence-electron chi connectivity index (χ3n) is 3.56. The predicted molar refractivity (Wildman–Crippen MR) is 84.6 cm³/mol. The number of hydrogen-bond acceptors (Lipinski definition) is 4. The number of rotatable bonds is 5. The molecule has 1 atom stereocenters. The van der Waals surface area contributed by atoms with E-state index in [1.807, 2.05) is 30.0 Å². The van der Waals surface area contributed by atoms with Gasteiger partial charge in [0.05, 0.1) is 13.2 Å². The summed E-state index contributed by atoms with van der Waals surface area (Å²) in [7, 11) is 0. The first kappa shape index (κ1) is 16.1. The topological polar surface area (TPSA) is 67.6 Å². The van der Waals surface area contributed by atoms with Crippen molar-refractivity contribution < 1.29 is 9.53 Å². The zero-order chi connectivity index (χ0) is 15.2. The predicted octanol–water partition coefficient (Wildman–Crippen LogP) is 1.53. The second-order valence-electron chi connectivity index (χ2n) is 5.05. The van der Waals surface area contributed by atoms with Gasteiger partial charge in [-0.3, -0.25) is 4.79 Å². The normalized spacial score (nSPS) is 18.6. The van der Waals surface area contributed by atoms with Crippen LogP contribution in [0.3, 0.4) is 0 Å². The summed E-state index contributed by atoms with van der Waals surface area (Å²) in [4.78, 5) is 14.4. The minimum atomic E-state index is -0.339. The van der Waals surface area contributed by atoms with E-state index in [9.17, 15) is 4.79 Å². The number of carbonyl (C=O) groups excluding carboxylic acids is 1. The maximum absolute atomic E-state index is 12.3. The first-order valence-corrected chi connectivity index (χ1v) is 7.65. The van der Waals surface area contributed by atoms with Crippen LogP contribution in [0.5, 0.6) is 0 Å². The first-order valence-electron chi connectivity index (χ1n) is 7.28. The largest absolute Gasteiger partial charge is 0.377 e. The van der Waals surface area contributed by atoms with E-state index >= 15 is 0 Å². The molecule has 1 unspecified atom stereocenters. The van der Waals surface area contributed by atoms with Gasteiger partial charge >= 0.3 is 0 Å². The van der Waals surface area contributed by atoms with E-state index in [2.05, 4.69) is 5.32 Å². The average Bonchev–Trinajstić information content (AvgIpc) is 2.52. The quantitative estimate of drug-likeness (QED) is 0.865. The highest BCUT2D eigenvalue weighted by Crippen LogP contribution is 2.27. The first-order chi connectivity index (χ1) is 10.2. The van der Waals surface area contributed by atoms with Crippen LogP contribution in [0.15, 0.2) is 18.2 Å². The summed E-state index contributed by atoms with van der Waals surface area (Å²) in [5.74, 6) is -0.0144. The van der Waals surface area contributed by atoms with Crippen LogP contribution in [0, 0.1) is 0 Å². The Kier molecular flexibility index (Phi) is 5.85. The smallest absolute Gasteiger partial charge is 0.245 e. The number of ether oxygens (including phenoxy) is 1. The number of nitrogens with two attached hydrogens (primary N) is 1. The summed E-state index contributed by atoms with van der Waals surface area (Å²) in [5, 5.41) is 3.57. The van der Waals surface area contributed by atoms with Gasteiger partial charge in [0.2, 0.25) is 5.91 Å². The highest BCUT2D eigenvalue weighted by atomic mass is 35.5. The third-order valence-corrected chi connectivity index (χ3v) is 3.79. The Morgan fingerprint density at radius 2 is 2.38 bits per heavy atom. The lowest BCUT2D eigenvalue weighted by molar-refractivity contribution is -0.124. The molecule has 1 heterocycles. The molecule has 116 valence electrons. The molecule has 0 radical (unpaired) electrons. The molecule has 1 fully saturated rings. The molecule has 0 saturated carbocycles. The van der Waals surface area contributed by atoms with Gasteiger partial charge in [-0.1, -0.05) is 24.6 Å². The lowest BCUT2D eigenvalue weighted by atomic mass is 10.1.